The van der Waals surface area contributed by atoms with Crippen LogP contribution >= 0.6 is 0 Å². The van der Waals surface area contributed by atoms with Crippen molar-refractivity contribution in [3.63, 3.8) is 0 Å². The Morgan fingerprint density at radius 2 is 2.19 bits per heavy atom. The Balaban J connectivity index is 2.41. The largest absolute Gasteiger partial charge is 0.380 e. The molecule has 1 aromatic heterocycles. The van der Waals surface area contributed by atoms with Crippen LogP contribution in [0.1, 0.15) is 33.3 Å². The summed E-state index contributed by atoms with van der Waals surface area (Å²) in [4.78, 5) is 0. The molecule has 92 valence electrons. The normalized spacial score (nSPS) is 14.1. The van der Waals surface area contributed by atoms with Crippen molar-refractivity contribution in [3.05, 3.63) is 18.0 Å². The first-order valence-corrected chi connectivity index (χ1v) is 5.71. The molecule has 0 amide bonds. The molecule has 0 saturated carbocycles. The third kappa shape index (κ3) is 3.94. The van der Waals surface area contributed by atoms with Gasteiger partial charge >= 0.3 is 0 Å². The Hall–Kier alpha value is -0.870. The number of hydrogen-bond donors (Lipinski definition) is 1. The van der Waals surface area contributed by atoms with Gasteiger partial charge in [0, 0.05) is 32.0 Å². The molecule has 16 heavy (non-hydrogen) atoms. The minimum Gasteiger partial charge on any atom is -0.380 e. The van der Waals surface area contributed by atoms with Gasteiger partial charge in [-0.1, -0.05) is 0 Å². The molecule has 1 N–H and O–H groups in total. The fourth-order valence-electron chi connectivity index (χ4n) is 1.32. The number of aromatic nitrogens is 2. The van der Waals surface area contributed by atoms with Crippen molar-refractivity contribution in [1.29, 1.82) is 0 Å². The van der Waals surface area contributed by atoms with Crippen LogP contribution in [0.3, 0.4) is 0 Å². The second kappa shape index (κ2) is 5.46. The topological polar surface area (TPSA) is 39.1 Å². The van der Waals surface area contributed by atoms with Crippen molar-refractivity contribution in [2.75, 3.05) is 13.7 Å². The molecule has 0 spiro atoms. The Morgan fingerprint density at radius 3 is 2.69 bits per heavy atom. The van der Waals surface area contributed by atoms with Gasteiger partial charge in [-0.2, -0.15) is 5.10 Å². The SMILES string of the molecule is COC(C)CNCc1cnn(C(C)(C)C)c1. The van der Waals surface area contributed by atoms with E-state index >= 15 is 0 Å². The predicted octanol–water partition coefficient (Wildman–Crippen LogP) is 1.76. The summed E-state index contributed by atoms with van der Waals surface area (Å²) >= 11 is 0. The number of ether oxygens (including phenoxy) is 1. The molecule has 0 aliphatic heterocycles. The van der Waals surface area contributed by atoms with Gasteiger partial charge in [0.1, 0.15) is 0 Å². The van der Waals surface area contributed by atoms with Gasteiger partial charge in [-0.15, -0.1) is 0 Å². The molecule has 1 aromatic rings. The van der Waals surface area contributed by atoms with Gasteiger partial charge in [-0.3, -0.25) is 4.68 Å². The van der Waals surface area contributed by atoms with Gasteiger partial charge in [0.25, 0.3) is 0 Å². The quantitative estimate of drug-likeness (QED) is 0.830. The van der Waals surface area contributed by atoms with E-state index in [4.69, 9.17) is 4.74 Å². The summed E-state index contributed by atoms with van der Waals surface area (Å²) in [5.41, 5.74) is 1.26. The van der Waals surface area contributed by atoms with Crippen LogP contribution in [0.25, 0.3) is 0 Å². The van der Waals surface area contributed by atoms with E-state index in [0.29, 0.717) is 0 Å². The molecule has 0 fully saturated rings. The molecular formula is C12H23N3O. The first-order chi connectivity index (χ1) is 7.43. The first-order valence-electron chi connectivity index (χ1n) is 5.71. The lowest BCUT2D eigenvalue weighted by molar-refractivity contribution is 0.117. The summed E-state index contributed by atoms with van der Waals surface area (Å²) in [7, 11) is 1.73. The van der Waals surface area contributed by atoms with Gasteiger partial charge in [-0.05, 0) is 27.7 Å². The zero-order valence-electron chi connectivity index (χ0n) is 10.9. The number of nitrogens with zero attached hydrogens (tertiary/aromatic N) is 2. The van der Waals surface area contributed by atoms with Crippen LogP contribution < -0.4 is 5.32 Å². The lowest BCUT2D eigenvalue weighted by Crippen LogP contribution is -2.25. The average Bonchev–Trinajstić information content (AvgIpc) is 2.65. The highest BCUT2D eigenvalue weighted by Gasteiger charge is 2.13. The number of rotatable bonds is 5. The van der Waals surface area contributed by atoms with E-state index in [0.717, 1.165) is 13.1 Å². The van der Waals surface area contributed by atoms with Gasteiger partial charge in [0.05, 0.1) is 17.8 Å². The van der Waals surface area contributed by atoms with Crippen LogP contribution in [-0.2, 0) is 16.8 Å². The summed E-state index contributed by atoms with van der Waals surface area (Å²) in [6.45, 7) is 10.2. The molecule has 1 atom stereocenters. The van der Waals surface area contributed by atoms with Gasteiger partial charge in [-0.25, -0.2) is 0 Å². The first kappa shape index (κ1) is 13.2. The molecule has 1 unspecified atom stereocenters. The lowest BCUT2D eigenvalue weighted by Gasteiger charge is -2.18. The smallest absolute Gasteiger partial charge is 0.0667 e. The van der Waals surface area contributed by atoms with Crippen LogP contribution in [0.15, 0.2) is 12.4 Å². The van der Waals surface area contributed by atoms with E-state index in [9.17, 15) is 0 Å². The highest BCUT2D eigenvalue weighted by molar-refractivity contribution is 5.04. The van der Waals surface area contributed by atoms with E-state index < -0.39 is 0 Å². The lowest BCUT2D eigenvalue weighted by atomic mass is 10.1. The van der Waals surface area contributed by atoms with Crippen LogP contribution in [0.2, 0.25) is 0 Å². The zero-order valence-corrected chi connectivity index (χ0v) is 10.9. The summed E-state index contributed by atoms with van der Waals surface area (Å²) in [6.07, 6.45) is 4.25. The molecule has 0 aliphatic rings. The number of hydrogen-bond acceptors (Lipinski definition) is 3. The summed E-state index contributed by atoms with van der Waals surface area (Å²) in [6, 6.07) is 0. The average molecular weight is 225 g/mol. The number of methoxy groups -OCH3 is 1. The van der Waals surface area contributed by atoms with Crippen LogP contribution in [-0.4, -0.2) is 29.5 Å². The Bertz CT molecular complexity index is 314. The molecular weight excluding hydrogens is 202 g/mol. The monoisotopic (exact) mass is 225 g/mol. The van der Waals surface area contributed by atoms with Crippen molar-refractivity contribution >= 4 is 0 Å². The van der Waals surface area contributed by atoms with E-state index in [1.165, 1.54) is 5.56 Å². The second-order valence-electron chi connectivity index (χ2n) is 5.14. The van der Waals surface area contributed by atoms with E-state index in [-0.39, 0.29) is 11.6 Å². The van der Waals surface area contributed by atoms with Gasteiger partial charge in [0.2, 0.25) is 0 Å². The summed E-state index contributed by atoms with van der Waals surface area (Å²) in [5.74, 6) is 0. The van der Waals surface area contributed by atoms with Crippen LogP contribution in [0, 0.1) is 0 Å². The van der Waals surface area contributed by atoms with Crippen molar-refractivity contribution in [2.45, 2.75) is 45.9 Å². The van der Waals surface area contributed by atoms with Crippen molar-refractivity contribution in [1.82, 2.24) is 15.1 Å². The highest BCUT2D eigenvalue weighted by Crippen LogP contribution is 2.12. The standard InChI is InChI=1S/C12H23N3O/c1-10(16-5)6-13-7-11-8-14-15(9-11)12(2,3)4/h8-10,13H,6-7H2,1-5H3. The fourth-order valence-corrected chi connectivity index (χ4v) is 1.32. The summed E-state index contributed by atoms with van der Waals surface area (Å²) < 4.78 is 7.15. The Morgan fingerprint density at radius 1 is 1.50 bits per heavy atom. The van der Waals surface area contributed by atoms with E-state index in [2.05, 4.69) is 37.4 Å². The predicted molar refractivity (Wildman–Crippen MR) is 65.4 cm³/mol. The number of nitrogens with one attached hydrogen (secondary N) is 1. The maximum Gasteiger partial charge on any atom is 0.0667 e. The molecule has 0 radical (unpaired) electrons. The minimum absolute atomic E-state index is 0.0536. The Labute approximate surface area is 98.0 Å². The molecule has 4 heteroatoms. The van der Waals surface area contributed by atoms with Crippen LogP contribution in [0.5, 0.6) is 0 Å². The maximum atomic E-state index is 5.16. The van der Waals surface area contributed by atoms with Crippen molar-refractivity contribution < 1.29 is 4.74 Å². The third-order valence-electron chi connectivity index (χ3n) is 2.49. The van der Waals surface area contributed by atoms with Gasteiger partial charge in [0.15, 0.2) is 0 Å². The molecule has 0 bridgehead atoms. The Kier molecular flexibility index (Phi) is 4.50. The van der Waals surface area contributed by atoms with Gasteiger partial charge < -0.3 is 10.1 Å². The minimum atomic E-state index is 0.0536. The molecule has 0 aromatic carbocycles. The van der Waals surface area contributed by atoms with Crippen molar-refractivity contribution in [3.8, 4) is 0 Å². The maximum absolute atomic E-state index is 5.16. The molecule has 4 nitrogen and oxygen atoms in total. The van der Waals surface area contributed by atoms with Crippen LogP contribution in [0.4, 0.5) is 0 Å². The van der Waals surface area contributed by atoms with Crippen molar-refractivity contribution in [2.24, 2.45) is 0 Å². The molecule has 1 rings (SSSR count). The molecule has 0 aliphatic carbocycles. The van der Waals surface area contributed by atoms with E-state index in [1.54, 1.807) is 7.11 Å². The molecule has 0 saturated heterocycles. The second-order valence-corrected chi connectivity index (χ2v) is 5.14. The fraction of sp³-hybridized carbons (Fsp3) is 0.750. The summed E-state index contributed by atoms with van der Waals surface area (Å²) in [5, 5.41) is 7.69. The highest BCUT2D eigenvalue weighted by atomic mass is 16.5. The molecule has 1 heterocycles. The third-order valence-corrected chi connectivity index (χ3v) is 2.49. The zero-order chi connectivity index (χ0) is 12.2. The van der Waals surface area contributed by atoms with E-state index in [1.807, 2.05) is 17.8 Å².